The van der Waals surface area contributed by atoms with Crippen molar-refractivity contribution < 1.29 is 8.42 Å². The largest absolute Gasteiger partial charge is 0.327 e. The Balaban J connectivity index is 2.67. The van der Waals surface area contributed by atoms with Gasteiger partial charge < -0.3 is 5.73 Å². The maximum Gasteiger partial charge on any atom is 0.215 e. The van der Waals surface area contributed by atoms with Crippen LogP contribution in [0.2, 0.25) is 0 Å². The van der Waals surface area contributed by atoms with E-state index in [1.807, 2.05) is 6.07 Å². The van der Waals surface area contributed by atoms with E-state index in [0.29, 0.717) is 11.1 Å². The minimum Gasteiger partial charge on any atom is -0.327 e. The van der Waals surface area contributed by atoms with E-state index in [1.54, 1.807) is 31.2 Å². The molecule has 0 fully saturated rings. The van der Waals surface area contributed by atoms with Gasteiger partial charge in [-0.05, 0) is 24.6 Å². The normalized spacial score (nSPS) is 13.0. The van der Waals surface area contributed by atoms with Gasteiger partial charge in [-0.3, -0.25) is 0 Å². The van der Waals surface area contributed by atoms with E-state index in [9.17, 15) is 8.42 Å². The van der Waals surface area contributed by atoms with Crippen LogP contribution in [-0.2, 0) is 15.8 Å². The summed E-state index contributed by atoms with van der Waals surface area (Å²) in [7, 11) is -3.36. The second-order valence-corrected chi connectivity index (χ2v) is 5.70. The summed E-state index contributed by atoms with van der Waals surface area (Å²) in [6.45, 7) is 1.95. The fourth-order valence-electron chi connectivity index (χ4n) is 1.20. The lowest BCUT2D eigenvalue weighted by molar-refractivity contribution is 0.573. The zero-order chi connectivity index (χ0) is 12.9. The molecule has 6 heteroatoms. The molecular weight excluding hydrogens is 238 g/mol. The van der Waals surface area contributed by atoms with Gasteiger partial charge in [0.25, 0.3) is 0 Å². The molecular formula is C11H15N3O2S. The van der Waals surface area contributed by atoms with Gasteiger partial charge in [-0.25, -0.2) is 13.1 Å². The smallest absolute Gasteiger partial charge is 0.215 e. The molecule has 0 radical (unpaired) electrons. The van der Waals surface area contributed by atoms with Gasteiger partial charge in [-0.2, -0.15) is 5.26 Å². The summed E-state index contributed by atoms with van der Waals surface area (Å²) in [6, 6.07) is 8.20. The average Bonchev–Trinajstić information content (AvgIpc) is 2.27. The van der Waals surface area contributed by atoms with Crippen LogP contribution >= 0.6 is 0 Å². The summed E-state index contributed by atoms with van der Waals surface area (Å²) in [5.41, 5.74) is 6.62. The van der Waals surface area contributed by atoms with E-state index >= 15 is 0 Å². The monoisotopic (exact) mass is 253 g/mol. The fraction of sp³-hybridized carbons (Fsp3) is 0.364. The molecule has 1 aromatic carbocycles. The van der Waals surface area contributed by atoms with Crippen molar-refractivity contribution in [1.29, 1.82) is 5.26 Å². The third-order valence-electron chi connectivity index (χ3n) is 2.06. The van der Waals surface area contributed by atoms with Crippen molar-refractivity contribution in [2.45, 2.75) is 18.7 Å². The van der Waals surface area contributed by atoms with Crippen molar-refractivity contribution in [2.24, 2.45) is 5.73 Å². The van der Waals surface area contributed by atoms with Crippen LogP contribution in [0.25, 0.3) is 0 Å². The molecule has 0 amide bonds. The Hall–Kier alpha value is -1.42. The highest BCUT2D eigenvalue weighted by Crippen LogP contribution is 2.06. The van der Waals surface area contributed by atoms with Gasteiger partial charge in [-0.15, -0.1) is 0 Å². The molecule has 1 atom stereocenters. The Labute approximate surface area is 101 Å². The van der Waals surface area contributed by atoms with E-state index in [4.69, 9.17) is 11.0 Å². The SMILES string of the molecule is CC(N)CNS(=O)(=O)Cc1ccc(C#N)cc1. The topological polar surface area (TPSA) is 96.0 Å². The molecule has 92 valence electrons. The molecule has 1 rings (SSSR count). The highest BCUT2D eigenvalue weighted by Gasteiger charge is 2.11. The number of nitrogens with zero attached hydrogens (tertiary/aromatic N) is 1. The van der Waals surface area contributed by atoms with Gasteiger partial charge in [0.1, 0.15) is 0 Å². The zero-order valence-corrected chi connectivity index (χ0v) is 10.4. The highest BCUT2D eigenvalue weighted by molar-refractivity contribution is 7.88. The minimum absolute atomic E-state index is 0.106. The van der Waals surface area contributed by atoms with Crippen LogP contribution in [0.5, 0.6) is 0 Å². The lowest BCUT2D eigenvalue weighted by Gasteiger charge is -2.08. The van der Waals surface area contributed by atoms with Crippen molar-refractivity contribution in [1.82, 2.24) is 4.72 Å². The maximum absolute atomic E-state index is 11.6. The highest BCUT2D eigenvalue weighted by atomic mass is 32.2. The first-order valence-electron chi connectivity index (χ1n) is 5.15. The second kappa shape index (κ2) is 5.77. The number of hydrogen-bond acceptors (Lipinski definition) is 4. The first-order chi connectivity index (χ1) is 7.93. The Morgan fingerprint density at radius 2 is 2.00 bits per heavy atom. The predicted molar refractivity (Wildman–Crippen MR) is 65.4 cm³/mol. The van der Waals surface area contributed by atoms with Crippen LogP contribution in [0, 0.1) is 11.3 Å². The van der Waals surface area contributed by atoms with E-state index in [-0.39, 0.29) is 18.3 Å². The van der Waals surface area contributed by atoms with Gasteiger partial charge in [0.05, 0.1) is 17.4 Å². The molecule has 0 heterocycles. The Bertz CT molecular complexity index is 501. The van der Waals surface area contributed by atoms with E-state index in [0.717, 1.165) is 0 Å². The number of sulfonamides is 1. The molecule has 3 N–H and O–H groups in total. The Kier molecular flexibility index (Phi) is 4.63. The van der Waals surface area contributed by atoms with Crippen LogP contribution in [0.4, 0.5) is 0 Å². The number of rotatable bonds is 5. The van der Waals surface area contributed by atoms with Gasteiger partial charge in [0, 0.05) is 12.6 Å². The molecule has 1 unspecified atom stereocenters. The second-order valence-electron chi connectivity index (χ2n) is 3.89. The van der Waals surface area contributed by atoms with E-state index < -0.39 is 10.0 Å². The third kappa shape index (κ3) is 4.95. The van der Waals surface area contributed by atoms with E-state index in [1.165, 1.54) is 0 Å². The van der Waals surface area contributed by atoms with Crippen LogP contribution < -0.4 is 10.5 Å². The first-order valence-corrected chi connectivity index (χ1v) is 6.80. The molecule has 0 spiro atoms. The molecule has 1 aromatic rings. The molecule has 0 aliphatic heterocycles. The molecule has 5 nitrogen and oxygen atoms in total. The summed E-state index contributed by atoms with van der Waals surface area (Å²) < 4.78 is 25.7. The van der Waals surface area contributed by atoms with Gasteiger partial charge >= 0.3 is 0 Å². The molecule has 0 aromatic heterocycles. The zero-order valence-electron chi connectivity index (χ0n) is 9.55. The van der Waals surface area contributed by atoms with Crippen molar-refractivity contribution >= 4 is 10.0 Å². The minimum atomic E-state index is -3.36. The Morgan fingerprint density at radius 3 is 2.47 bits per heavy atom. The van der Waals surface area contributed by atoms with Crippen LogP contribution in [-0.4, -0.2) is 21.0 Å². The van der Waals surface area contributed by atoms with Crippen LogP contribution in [0.3, 0.4) is 0 Å². The summed E-state index contributed by atoms with van der Waals surface area (Å²) in [6.07, 6.45) is 0. The van der Waals surface area contributed by atoms with Gasteiger partial charge in [0.15, 0.2) is 0 Å². The third-order valence-corrected chi connectivity index (χ3v) is 3.38. The number of hydrogen-bond donors (Lipinski definition) is 2. The average molecular weight is 253 g/mol. The van der Waals surface area contributed by atoms with Crippen molar-refractivity contribution in [3.05, 3.63) is 35.4 Å². The number of nitriles is 1. The molecule has 0 saturated carbocycles. The molecule has 17 heavy (non-hydrogen) atoms. The van der Waals surface area contributed by atoms with Crippen molar-refractivity contribution in [2.75, 3.05) is 6.54 Å². The molecule has 0 saturated heterocycles. The maximum atomic E-state index is 11.6. The number of nitrogens with two attached hydrogens (primary N) is 1. The lowest BCUT2D eigenvalue weighted by atomic mass is 10.2. The lowest BCUT2D eigenvalue weighted by Crippen LogP contribution is -2.35. The summed E-state index contributed by atoms with van der Waals surface area (Å²) >= 11 is 0. The summed E-state index contributed by atoms with van der Waals surface area (Å²) in [5.74, 6) is -0.106. The van der Waals surface area contributed by atoms with Gasteiger partial charge in [-0.1, -0.05) is 12.1 Å². The van der Waals surface area contributed by atoms with E-state index in [2.05, 4.69) is 4.72 Å². The molecule has 0 aliphatic carbocycles. The quantitative estimate of drug-likeness (QED) is 0.790. The van der Waals surface area contributed by atoms with Crippen molar-refractivity contribution in [3.63, 3.8) is 0 Å². The molecule has 0 bridgehead atoms. The van der Waals surface area contributed by atoms with Crippen molar-refractivity contribution in [3.8, 4) is 6.07 Å². The standard InChI is InChI=1S/C11H15N3O2S/c1-9(13)7-14-17(15,16)8-11-4-2-10(6-12)3-5-11/h2-5,9,14H,7-8,13H2,1H3. The summed E-state index contributed by atoms with van der Waals surface area (Å²) in [5, 5.41) is 8.61. The number of benzene rings is 1. The molecule has 0 aliphatic rings. The predicted octanol–water partition coefficient (Wildman–Crippen LogP) is 0.325. The van der Waals surface area contributed by atoms with Crippen LogP contribution in [0.15, 0.2) is 24.3 Å². The Morgan fingerprint density at radius 1 is 1.41 bits per heavy atom. The first kappa shape index (κ1) is 13.6. The summed E-state index contributed by atoms with van der Waals surface area (Å²) in [4.78, 5) is 0. The number of nitrogens with one attached hydrogen (secondary N) is 1. The van der Waals surface area contributed by atoms with Gasteiger partial charge in [0.2, 0.25) is 10.0 Å². The van der Waals surface area contributed by atoms with Crippen LogP contribution in [0.1, 0.15) is 18.1 Å². The fourth-order valence-corrected chi connectivity index (χ4v) is 2.45.